The van der Waals surface area contributed by atoms with Crippen LogP contribution in [-0.2, 0) is 9.53 Å². The Hall–Kier alpha value is -2.52. The van der Waals surface area contributed by atoms with Crippen molar-refractivity contribution in [2.45, 2.75) is 44.8 Å². The van der Waals surface area contributed by atoms with Gasteiger partial charge in [0.2, 0.25) is 11.9 Å². The minimum Gasteiger partial charge on any atom is -0.378 e. The van der Waals surface area contributed by atoms with Gasteiger partial charge in [0.1, 0.15) is 6.04 Å². The van der Waals surface area contributed by atoms with Gasteiger partial charge in [-0.25, -0.2) is 0 Å². The van der Waals surface area contributed by atoms with Crippen molar-refractivity contribution in [3.05, 3.63) is 30.3 Å². The number of nitrogens with two attached hydrogens (primary N) is 1. The fourth-order valence-corrected chi connectivity index (χ4v) is 3.31. The molecule has 1 aromatic carbocycles. The Morgan fingerprint density at radius 2 is 2.07 bits per heavy atom. The predicted octanol–water partition coefficient (Wildman–Crippen LogP) is 1.21. The van der Waals surface area contributed by atoms with E-state index in [1.54, 1.807) is 4.68 Å². The molecule has 1 atom stereocenters. The van der Waals surface area contributed by atoms with Gasteiger partial charge in [0.15, 0.2) is 0 Å². The number of aromatic nitrogens is 4. The second-order valence-corrected chi connectivity index (χ2v) is 6.89. The molecule has 2 aromatic rings. The van der Waals surface area contributed by atoms with Crippen molar-refractivity contribution in [3.8, 4) is 5.69 Å². The number of para-hydroxylation sites is 1. The van der Waals surface area contributed by atoms with Crippen LogP contribution in [0.5, 0.6) is 0 Å². The molecule has 0 spiro atoms. The van der Waals surface area contributed by atoms with Crippen LogP contribution >= 0.6 is 0 Å². The van der Waals surface area contributed by atoms with Gasteiger partial charge in [-0.15, -0.1) is 0 Å². The first-order valence-corrected chi connectivity index (χ1v) is 9.93. The Bertz CT molecular complexity index is 729. The zero-order chi connectivity index (χ0) is 19.8. The van der Waals surface area contributed by atoms with E-state index in [4.69, 9.17) is 10.5 Å². The number of rotatable bonds is 9. The minimum atomic E-state index is -0.372. The van der Waals surface area contributed by atoms with Gasteiger partial charge in [-0.1, -0.05) is 30.2 Å². The quantitative estimate of drug-likeness (QED) is 0.622. The molecule has 0 aliphatic carbocycles. The molecule has 3 N–H and O–H groups in total. The topological polar surface area (TPSA) is 111 Å². The fraction of sp³-hybridized carbons (Fsp3) is 0.579. The van der Waals surface area contributed by atoms with Gasteiger partial charge in [0.25, 0.3) is 0 Å². The fourth-order valence-electron chi connectivity index (χ4n) is 3.31. The molecular weight excluding hydrogens is 358 g/mol. The molecule has 0 radical (unpaired) electrons. The van der Waals surface area contributed by atoms with Crippen LogP contribution in [0.4, 0.5) is 5.95 Å². The van der Waals surface area contributed by atoms with E-state index in [0.29, 0.717) is 38.6 Å². The molecule has 2 heterocycles. The van der Waals surface area contributed by atoms with E-state index in [9.17, 15) is 4.79 Å². The second-order valence-electron chi connectivity index (χ2n) is 6.89. The number of likely N-dealkylation sites (tertiary alicyclic amines) is 1. The number of amides is 1. The van der Waals surface area contributed by atoms with Crippen molar-refractivity contribution in [2.75, 3.05) is 31.6 Å². The summed E-state index contributed by atoms with van der Waals surface area (Å²) in [4.78, 5) is 14.9. The third-order valence-electron chi connectivity index (χ3n) is 4.94. The van der Waals surface area contributed by atoms with Gasteiger partial charge in [-0.2, -0.15) is 4.68 Å². The van der Waals surface area contributed by atoms with Crippen molar-refractivity contribution in [1.29, 1.82) is 0 Å². The van der Waals surface area contributed by atoms with E-state index in [-0.39, 0.29) is 18.1 Å². The summed E-state index contributed by atoms with van der Waals surface area (Å²) in [7, 11) is 0. The zero-order valence-electron chi connectivity index (χ0n) is 16.3. The van der Waals surface area contributed by atoms with Crippen LogP contribution in [0.2, 0.25) is 0 Å². The Kier molecular flexibility index (Phi) is 7.32. The van der Waals surface area contributed by atoms with Crippen molar-refractivity contribution < 1.29 is 9.53 Å². The lowest BCUT2D eigenvalue weighted by Gasteiger charge is -2.34. The lowest BCUT2D eigenvalue weighted by Crippen LogP contribution is -2.47. The van der Waals surface area contributed by atoms with E-state index in [1.165, 1.54) is 0 Å². The summed E-state index contributed by atoms with van der Waals surface area (Å²) in [6.07, 6.45) is 3.45. The van der Waals surface area contributed by atoms with Crippen molar-refractivity contribution in [1.82, 2.24) is 25.1 Å². The van der Waals surface area contributed by atoms with Crippen LogP contribution < -0.4 is 11.1 Å². The first-order valence-electron chi connectivity index (χ1n) is 9.93. The predicted molar refractivity (Wildman–Crippen MR) is 106 cm³/mol. The van der Waals surface area contributed by atoms with Gasteiger partial charge < -0.3 is 20.7 Å². The van der Waals surface area contributed by atoms with Crippen LogP contribution in [0.25, 0.3) is 5.69 Å². The standard InChI is InChI=1S/C19H29N7O2/c1-2-17(18(27)25-12-9-16(10-13-25)28-14-6-11-20)21-19-22-23-24-26(19)15-7-4-3-5-8-15/h3-5,7-8,16-17H,2,6,9-14,20H2,1H3,(H,21,22,24). The number of carbonyl (C=O) groups is 1. The molecule has 1 aliphatic heterocycles. The lowest BCUT2D eigenvalue weighted by molar-refractivity contribution is -0.134. The highest BCUT2D eigenvalue weighted by atomic mass is 16.5. The number of nitrogens with one attached hydrogen (secondary N) is 1. The average molecular weight is 387 g/mol. The number of hydrogen-bond acceptors (Lipinski definition) is 7. The molecule has 1 amide bonds. The first-order chi connectivity index (χ1) is 13.7. The Morgan fingerprint density at radius 1 is 1.32 bits per heavy atom. The third-order valence-corrected chi connectivity index (χ3v) is 4.94. The van der Waals surface area contributed by atoms with Gasteiger partial charge in [-0.05, 0) is 54.8 Å². The Balaban J connectivity index is 1.58. The number of carbonyl (C=O) groups excluding carboxylic acids is 1. The van der Waals surface area contributed by atoms with Crippen molar-refractivity contribution >= 4 is 11.9 Å². The molecular formula is C19H29N7O2. The number of hydrogen-bond donors (Lipinski definition) is 2. The van der Waals surface area contributed by atoms with Crippen LogP contribution in [-0.4, -0.2) is 69.4 Å². The molecule has 28 heavy (non-hydrogen) atoms. The maximum atomic E-state index is 13.0. The normalized spacial score (nSPS) is 16.1. The van der Waals surface area contributed by atoms with Crippen molar-refractivity contribution in [2.24, 2.45) is 5.73 Å². The highest BCUT2D eigenvalue weighted by Crippen LogP contribution is 2.18. The van der Waals surface area contributed by atoms with Crippen LogP contribution in [0.1, 0.15) is 32.6 Å². The van der Waals surface area contributed by atoms with Crippen LogP contribution in [0, 0.1) is 0 Å². The summed E-state index contributed by atoms with van der Waals surface area (Å²) in [5.41, 5.74) is 6.34. The van der Waals surface area contributed by atoms with E-state index in [2.05, 4.69) is 20.8 Å². The third kappa shape index (κ3) is 5.05. The summed E-state index contributed by atoms with van der Waals surface area (Å²) in [5.74, 6) is 0.539. The highest BCUT2D eigenvalue weighted by Gasteiger charge is 2.28. The largest absolute Gasteiger partial charge is 0.378 e. The molecule has 1 aliphatic rings. The number of tetrazole rings is 1. The molecule has 1 aromatic heterocycles. The van der Waals surface area contributed by atoms with Crippen LogP contribution in [0.15, 0.2) is 30.3 Å². The smallest absolute Gasteiger partial charge is 0.248 e. The highest BCUT2D eigenvalue weighted by molar-refractivity contribution is 5.84. The van der Waals surface area contributed by atoms with E-state index in [0.717, 1.165) is 24.9 Å². The van der Waals surface area contributed by atoms with E-state index < -0.39 is 0 Å². The SMILES string of the molecule is CCC(Nc1nnnn1-c1ccccc1)C(=O)N1CCC(OCCCN)CC1. The summed E-state index contributed by atoms with van der Waals surface area (Å²) in [6.45, 7) is 4.72. The molecule has 1 unspecified atom stereocenters. The number of anilines is 1. The minimum absolute atomic E-state index is 0.0746. The molecule has 0 saturated carbocycles. The number of nitrogens with zero attached hydrogens (tertiary/aromatic N) is 5. The van der Waals surface area contributed by atoms with E-state index in [1.807, 2.05) is 42.2 Å². The molecule has 152 valence electrons. The van der Waals surface area contributed by atoms with Gasteiger partial charge in [0.05, 0.1) is 11.8 Å². The zero-order valence-corrected chi connectivity index (χ0v) is 16.3. The second kappa shape index (κ2) is 10.1. The van der Waals surface area contributed by atoms with E-state index >= 15 is 0 Å². The number of benzene rings is 1. The van der Waals surface area contributed by atoms with Crippen LogP contribution in [0.3, 0.4) is 0 Å². The molecule has 1 fully saturated rings. The maximum absolute atomic E-state index is 13.0. The average Bonchev–Trinajstić information content (AvgIpc) is 3.21. The summed E-state index contributed by atoms with van der Waals surface area (Å²) >= 11 is 0. The maximum Gasteiger partial charge on any atom is 0.248 e. The monoisotopic (exact) mass is 387 g/mol. The van der Waals surface area contributed by atoms with Gasteiger partial charge in [-0.3, -0.25) is 4.79 Å². The molecule has 9 nitrogen and oxygen atoms in total. The summed E-state index contributed by atoms with van der Waals surface area (Å²) in [6, 6.07) is 9.23. The Labute approximate surface area is 165 Å². The molecule has 0 bridgehead atoms. The van der Waals surface area contributed by atoms with Crippen molar-refractivity contribution in [3.63, 3.8) is 0 Å². The molecule has 9 heteroatoms. The lowest BCUT2D eigenvalue weighted by atomic mass is 10.1. The first kappa shape index (κ1) is 20.2. The van der Waals surface area contributed by atoms with Gasteiger partial charge >= 0.3 is 0 Å². The number of ether oxygens (including phenoxy) is 1. The molecule has 3 rings (SSSR count). The van der Waals surface area contributed by atoms with Gasteiger partial charge in [0, 0.05) is 19.7 Å². The summed E-state index contributed by atoms with van der Waals surface area (Å²) < 4.78 is 7.43. The summed E-state index contributed by atoms with van der Waals surface area (Å²) in [5, 5.41) is 15.1. The number of piperidine rings is 1. The molecule has 1 saturated heterocycles. The Morgan fingerprint density at radius 3 is 2.75 bits per heavy atom.